The monoisotopic (exact) mass is 355 g/mol. The van der Waals surface area contributed by atoms with Gasteiger partial charge in [-0.2, -0.15) is 0 Å². The number of rotatable bonds is 4. The molecule has 0 radical (unpaired) electrons. The first-order valence-corrected chi connectivity index (χ1v) is 8.84. The summed E-state index contributed by atoms with van der Waals surface area (Å²) in [6.07, 6.45) is 0. The summed E-state index contributed by atoms with van der Waals surface area (Å²) < 4.78 is 5.38. The molecule has 1 atom stereocenters. The van der Waals surface area contributed by atoms with Gasteiger partial charge in [0.1, 0.15) is 11.5 Å². The SMILES string of the molecule is Cc1cc(C(=O)NCC(=O)N2CCN(C)C[C@H]2c2ccccc2)c(C)o1. The molecule has 2 heterocycles. The van der Waals surface area contributed by atoms with Crippen molar-refractivity contribution < 1.29 is 14.0 Å². The molecule has 26 heavy (non-hydrogen) atoms. The number of furan rings is 1. The van der Waals surface area contributed by atoms with Gasteiger partial charge in [0.2, 0.25) is 5.91 Å². The van der Waals surface area contributed by atoms with Gasteiger partial charge in [0.05, 0.1) is 18.2 Å². The average Bonchev–Trinajstić information content (AvgIpc) is 2.98. The van der Waals surface area contributed by atoms with Crippen molar-refractivity contribution in [2.45, 2.75) is 19.9 Å². The summed E-state index contributed by atoms with van der Waals surface area (Å²) in [5, 5.41) is 2.73. The van der Waals surface area contributed by atoms with Crippen molar-refractivity contribution in [1.82, 2.24) is 15.1 Å². The molecule has 138 valence electrons. The summed E-state index contributed by atoms with van der Waals surface area (Å²) in [7, 11) is 2.06. The van der Waals surface area contributed by atoms with E-state index in [-0.39, 0.29) is 24.4 Å². The van der Waals surface area contributed by atoms with E-state index in [1.54, 1.807) is 19.9 Å². The summed E-state index contributed by atoms with van der Waals surface area (Å²) in [5.41, 5.74) is 1.59. The van der Waals surface area contributed by atoms with Crippen molar-refractivity contribution in [2.24, 2.45) is 0 Å². The van der Waals surface area contributed by atoms with Crippen LogP contribution in [-0.2, 0) is 4.79 Å². The Labute approximate surface area is 153 Å². The molecule has 0 bridgehead atoms. The number of hydrogen-bond acceptors (Lipinski definition) is 4. The number of nitrogens with zero attached hydrogens (tertiary/aromatic N) is 2. The van der Waals surface area contributed by atoms with Gasteiger partial charge in [-0.05, 0) is 32.5 Å². The Balaban J connectivity index is 1.67. The van der Waals surface area contributed by atoms with Crippen molar-refractivity contribution in [3.8, 4) is 0 Å². The summed E-state index contributed by atoms with van der Waals surface area (Å²) in [4.78, 5) is 29.2. The second-order valence-electron chi connectivity index (χ2n) is 6.79. The molecule has 3 rings (SSSR count). The van der Waals surface area contributed by atoms with Gasteiger partial charge in [0.15, 0.2) is 0 Å². The van der Waals surface area contributed by atoms with E-state index in [2.05, 4.69) is 17.3 Å². The van der Waals surface area contributed by atoms with Crippen molar-refractivity contribution in [3.05, 3.63) is 59.0 Å². The van der Waals surface area contributed by atoms with Crippen LogP contribution in [0.15, 0.2) is 40.8 Å². The topological polar surface area (TPSA) is 65.8 Å². The van der Waals surface area contributed by atoms with E-state index in [9.17, 15) is 9.59 Å². The Morgan fingerprint density at radius 3 is 2.58 bits per heavy atom. The van der Waals surface area contributed by atoms with Gasteiger partial charge in [0.25, 0.3) is 5.91 Å². The highest BCUT2D eigenvalue weighted by Crippen LogP contribution is 2.24. The van der Waals surface area contributed by atoms with Crippen molar-refractivity contribution in [1.29, 1.82) is 0 Å². The normalized spacial score (nSPS) is 18.0. The lowest BCUT2D eigenvalue weighted by atomic mass is 10.0. The Morgan fingerprint density at radius 1 is 1.19 bits per heavy atom. The second kappa shape index (κ2) is 7.74. The second-order valence-corrected chi connectivity index (χ2v) is 6.79. The van der Waals surface area contributed by atoms with E-state index in [1.807, 2.05) is 35.2 Å². The lowest BCUT2D eigenvalue weighted by molar-refractivity contribution is -0.135. The Hall–Kier alpha value is -2.60. The number of likely N-dealkylation sites (N-methyl/N-ethyl adjacent to an activating group) is 1. The van der Waals surface area contributed by atoms with Crippen LogP contribution in [0.2, 0.25) is 0 Å². The number of hydrogen-bond donors (Lipinski definition) is 1. The van der Waals surface area contributed by atoms with Gasteiger partial charge in [-0.1, -0.05) is 30.3 Å². The highest BCUT2D eigenvalue weighted by Gasteiger charge is 2.30. The largest absolute Gasteiger partial charge is 0.466 e. The first-order chi connectivity index (χ1) is 12.5. The van der Waals surface area contributed by atoms with Gasteiger partial charge in [0, 0.05) is 19.6 Å². The average molecular weight is 355 g/mol. The molecule has 1 aromatic carbocycles. The third-order valence-electron chi connectivity index (χ3n) is 4.77. The fraction of sp³-hybridized carbons (Fsp3) is 0.400. The molecule has 1 fully saturated rings. The molecule has 0 spiro atoms. The molecule has 1 saturated heterocycles. The standard InChI is InChI=1S/C20H25N3O3/c1-14-11-17(15(2)26-14)20(25)21-12-19(24)23-10-9-22(3)13-18(23)16-7-5-4-6-8-16/h4-8,11,18H,9-10,12-13H2,1-3H3,(H,21,25)/t18-/m0/s1. The van der Waals surface area contributed by atoms with Gasteiger partial charge < -0.3 is 19.5 Å². The van der Waals surface area contributed by atoms with Crippen LogP contribution < -0.4 is 5.32 Å². The smallest absolute Gasteiger partial charge is 0.255 e. The van der Waals surface area contributed by atoms with Crippen LogP contribution in [0, 0.1) is 13.8 Å². The molecule has 1 aliphatic rings. The zero-order valence-electron chi connectivity index (χ0n) is 15.5. The van der Waals surface area contributed by atoms with E-state index in [4.69, 9.17) is 4.42 Å². The molecule has 2 aromatic rings. The van der Waals surface area contributed by atoms with Gasteiger partial charge in [-0.15, -0.1) is 0 Å². The van der Waals surface area contributed by atoms with Gasteiger partial charge in [-0.3, -0.25) is 9.59 Å². The minimum atomic E-state index is -0.280. The maximum Gasteiger partial charge on any atom is 0.255 e. The van der Waals surface area contributed by atoms with Gasteiger partial charge >= 0.3 is 0 Å². The van der Waals surface area contributed by atoms with Crippen molar-refractivity contribution in [2.75, 3.05) is 33.2 Å². The zero-order chi connectivity index (χ0) is 18.7. The third kappa shape index (κ3) is 3.96. The molecule has 0 unspecified atom stereocenters. The molecule has 1 aromatic heterocycles. The van der Waals surface area contributed by atoms with Crippen LogP contribution in [-0.4, -0.2) is 54.8 Å². The minimum Gasteiger partial charge on any atom is -0.466 e. The lowest BCUT2D eigenvalue weighted by Crippen LogP contribution is -2.51. The number of carbonyl (C=O) groups is 2. The summed E-state index contributed by atoms with van der Waals surface area (Å²) in [5.74, 6) is 0.896. The Morgan fingerprint density at radius 2 is 1.92 bits per heavy atom. The summed E-state index contributed by atoms with van der Waals surface area (Å²) in [6, 6.07) is 11.7. The van der Waals surface area contributed by atoms with Crippen molar-refractivity contribution in [3.63, 3.8) is 0 Å². The maximum atomic E-state index is 12.8. The molecule has 0 aliphatic carbocycles. The number of amides is 2. The third-order valence-corrected chi connectivity index (χ3v) is 4.77. The Bertz CT molecular complexity index is 785. The molecule has 0 saturated carbocycles. The molecular formula is C20H25N3O3. The first-order valence-electron chi connectivity index (χ1n) is 8.84. The maximum absolute atomic E-state index is 12.8. The molecule has 2 amide bonds. The number of nitrogens with one attached hydrogen (secondary N) is 1. The van der Waals surface area contributed by atoms with Crippen LogP contribution in [0.3, 0.4) is 0 Å². The number of piperazine rings is 1. The molecule has 6 nitrogen and oxygen atoms in total. The lowest BCUT2D eigenvalue weighted by Gasteiger charge is -2.40. The summed E-state index contributed by atoms with van der Waals surface area (Å²) >= 11 is 0. The predicted octanol–water partition coefficient (Wildman–Crippen LogP) is 2.14. The van der Waals surface area contributed by atoms with E-state index >= 15 is 0 Å². The molecule has 1 N–H and O–H groups in total. The fourth-order valence-corrected chi connectivity index (χ4v) is 3.39. The fourth-order valence-electron chi connectivity index (χ4n) is 3.39. The van der Waals surface area contributed by atoms with E-state index < -0.39 is 0 Å². The minimum absolute atomic E-state index is 0.00254. The number of aryl methyl sites for hydroxylation is 2. The highest BCUT2D eigenvalue weighted by molar-refractivity contribution is 5.97. The van der Waals surface area contributed by atoms with Gasteiger partial charge in [-0.25, -0.2) is 0 Å². The highest BCUT2D eigenvalue weighted by atomic mass is 16.3. The predicted molar refractivity (Wildman–Crippen MR) is 98.9 cm³/mol. The van der Waals surface area contributed by atoms with Crippen LogP contribution in [0.5, 0.6) is 0 Å². The molecule has 1 aliphatic heterocycles. The van der Waals surface area contributed by atoms with Crippen LogP contribution in [0.4, 0.5) is 0 Å². The first kappa shape index (κ1) is 18.2. The molecular weight excluding hydrogens is 330 g/mol. The van der Waals surface area contributed by atoms with E-state index in [0.717, 1.165) is 18.7 Å². The van der Waals surface area contributed by atoms with Crippen LogP contribution >= 0.6 is 0 Å². The van der Waals surface area contributed by atoms with E-state index in [1.165, 1.54) is 0 Å². The summed E-state index contributed by atoms with van der Waals surface area (Å²) in [6.45, 7) is 5.77. The molecule has 6 heteroatoms. The quantitative estimate of drug-likeness (QED) is 0.913. The van der Waals surface area contributed by atoms with Crippen LogP contribution in [0.25, 0.3) is 0 Å². The zero-order valence-corrected chi connectivity index (χ0v) is 15.5. The Kier molecular flexibility index (Phi) is 5.42. The van der Waals surface area contributed by atoms with Crippen LogP contribution in [0.1, 0.15) is 33.5 Å². The van der Waals surface area contributed by atoms with E-state index in [0.29, 0.717) is 23.6 Å². The number of carbonyl (C=O) groups excluding carboxylic acids is 2. The van der Waals surface area contributed by atoms with Crippen molar-refractivity contribution >= 4 is 11.8 Å². The number of benzene rings is 1.